The zero-order valence-corrected chi connectivity index (χ0v) is 13.1. The van der Waals surface area contributed by atoms with Gasteiger partial charge in [-0.1, -0.05) is 30.3 Å². The maximum Gasteiger partial charge on any atom is 0.329 e. The van der Waals surface area contributed by atoms with Gasteiger partial charge in [-0.25, -0.2) is 4.79 Å². The lowest BCUT2D eigenvalue weighted by Gasteiger charge is -2.03. The summed E-state index contributed by atoms with van der Waals surface area (Å²) in [5, 5.41) is 0.479. The van der Waals surface area contributed by atoms with Gasteiger partial charge in [0.05, 0.1) is 5.39 Å². The summed E-state index contributed by atoms with van der Waals surface area (Å²) in [4.78, 5) is 39.6. The van der Waals surface area contributed by atoms with Gasteiger partial charge in [-0.05, 0) is 18.1 Å². The molecule has 0 aliphatic rings. The highest BCUT2D eigenvalue weighted by molar-refractivity contribution is 7.21. The van der Waals surface area contributed by atoms with Gasteiger partial charge >= 0.3 is 5.69 Å². The highest BCUT2D eigenvalue weighted by Gasteiger charge is 2.12. The third-order valence-electron chi connectivity index (χ3n) is 3.54. The molecule has 6 nitrogen and oxygen atoms in total. The summed E-state index contributed by atoms with van der Waals surface area (Å²) in [5.74, 6) is -0.447. The number of hydrogen-bond acceptors (Lipinski definition) is 4. The Bertz CT molecular complexity index is 970. The molecule has 0 radical (unpaired) electrons. The van der Waals surface area contributed by atoms with Gasteiger partial charge in [0, 0.05) is 17.8 Å². The van der Waals surface area contributed by atoms with E-state index in [-0.39, 0.29) is 18.5 Å². The lowest BCUT2D eigenvalue weighted by Crippen LogP contribution is -2.34. The third-order valence-corrected chi connectivity index (χ3v) is 4.64. The number of nitrogens with two attached hydrogens (primary N) is 1. The second-order valence-corrected chi connectivity index (χ2v) is 6.23. The molecule has 0 aliphatic heterocycles. The minimum absolute atomic E-state index is 0.142. The smallest absolute Gasteiger partial charge is 0.329 e. The Morgan fingerprint density at radius 3 is 2.65 bits per heavy atom. The number of carbonyl (C=O) groups is 1. The Labute approximate surface area is 135 Å². The number of benzene rings is 1. The summed E-state index contributed by atoms with van der Waals surface area (Å²) < 4.78 is 1.12. The Kier molecular flexibility index (Phi) is 4.12. The predicted molar refractivity (Wildman–Crippen MR) is 90.6 cm³/mol. The van der Waals surface area contributed by atoms with Gasteiger partial charge in [0.2, 0.25) is 5.91 Å². The topological polar surface area (TPSA) is 97.9 Å². The van der Waals surface area contributed by atoms with E-state index in [4.69, 9.17) is 5.73 Å². The fourth-order valence-corrected chi connectivity index (χ4v) is 3.45. The van der Waals surface area contributed by atoms with Gasteiger partial charge in [-0.15, -0.1) is 11.3 Å². The Balaban J connectivity index is 2.03. The third kappa shape index (κ3) is 3.09. The summed E-state index contributed by atoms with van der Waals surface area (Å²) in [6.07, 6.45) is 0.502. The number of thiophene rings is 1. The van der Waals surface area contributed by atoms with Crippen molar-refractivity contribution in [1.82, 2.24) is 9.55 Å². The molecule has 3 rings (SSSR count). The van der Waals surface area contributed by atoms with E-state index in [1.807, 2.05) is 30.3 Å². The molecule has 3 N–H and O–H groups in total. The van der Waals surface area contributed by atoms with E-state index in [1.165, 1.54) is 11.3 Å². The highest BCUT2D eigenvalue weighted by Crippen LogP contribution is 2.30. The number of aromatic nitrogens is 2. The van der Waals surface area contributed by atoms with Crippen LogP contribution in [0.15, 0.2) is 46.0 Å². The molecule has 3 aromatic rings. The Morgan fingerprint density at radius 2 is 1.96 bits per heavy atom. The molecule has 0 unspecified atom stereocenters. The number of nitrogens with one attached hydrogen (secondary N) is 1. The average Bonchev–Trinajstić information content (AvgIpc) is 2.95. The molecule has 0 saturated heterocycles. The van der Waals surface area contributed by atoms with Crippen molar-refractivity contribution < 1.29 is 4.79 Å². The quantitative estimate of drug-likeness (QED) is 0.745. The summed E-state index contributed by atoms with van der Waals surface area (Å²) in [7, 11) is 0. The molecule has 23 heavy (non-hydrogen) atoms. The Morgan fingerprint density at radius 1 is 1.22 bits per heavy atom. The summed E-state index contributed by atoms with van der Waals surface area (Å²) in [6, 6.07) is 11.5. The number of hydrogen-bond donors (Lipinski definition) is 2. The fourth-order valence-electron chi connectivity index (χ4n) is 2.40. The van der Waals surface area contributed by atoms with E-state index in [0.29, 0.717) is 16.6 Å². The molecular formula is C16H15N3O3S. The molecule has 0 atom stereocenters. The minimum Gasteiger partial charge on any atom is -0.370 e. The Hall–Kier alpha value is -2.67. The van der Waals surface area contributed by atoms with Crippen molar-refractivity contribution in [2.45, 2.75) is 19.4 Å². The van der Waals surface area contributed by atoms with Crippen molar-refractivity contribution in [2.24, 2.45) is 5.73 Å². The first-order valence-corrected chi connectivity index (χ1v) is 7.98. The molecule has 2 aromatic heterocycles. The van der Waals surface area contributed by atoms with Crippen molar-refractivity contribution in [3.63, 3.8) is 0 Å². The summed E-state index contributed by atoms with van der Waals surface area (Å²) in [5.41, 5.74) is 5.27. The van der Waals surface area contributed by atoms with Crippen molar-refractivity contribution in [2.75, 3.05) is 0 Å². The summed E-state index contributed by atoms with van der Waals surface area (Å²) in [6.45, 7) is 0.170. The first-order chi connectivity index (χ1) is 11.1. The zero-order chi connectivity index (χ0) is 16.4. The zero-order valence-electron chi connectivity index (χ0n) is 12.2. The number of nitrogens with zero attached hydrogens (tertiary/aromatic N) is 1. The average molecular weight is 329 g/mol. The molecule has 0 aliphatic carbocycles. The lowest BCUT2D eigenvalue weighted by molar-refractivity contribution is -0.118. The molecule has 0 spiro atoms. The van der Waals surface area contributed by atoms with E-state index in [2.05, 4.69) is 4.98 Å². The van der Waals surface area contributed by atoms with E-state index in [9.17, 15) is 14.4 Å². The maximum absolute atomic E-state index is 12.5. The number of fused-ring (bicyclic) bond motifs is 1. The standard InChI is InChI=1S/C16H15N3O3S/c17-13(20)7-4-8-19-15(21)11-9-12(10-5-2-1-3-6-10)23-14(11)18-16(19)22/h1-3,5-6,9H,4,7-8H2,(H2,17,20)(H,18,22). The normalized spacial score (nSPS) is 11.0. The minimum atomic E-state index is -0.464. The van der Waals surface area contributed by atoms with Crippen molar-refractivity contribution in [3.8, 4) is 10.4 Å². The lowest BCUT2D eigenvalue weighted by atomic mass is 10.2. The van der Waals surface area contributed by atoms with Crippen LogP contribution in [-0.2, 0) is 11.3 Å². The summed E-state index contributed by atoms with van der Waals surface area (Å²) >= 11 is 1.37. The van der Waals surface area contributed by atoms with Crippen LogP contribution in [-0.4, -0.2) is 15.5 Å². The number of aromatic amines is 1. The number of amides is 1. The molecule has 1 amide bonds. The highest BCUT2D eigenvalue weighted by atomic mass is 32.1. The number of carbonyl (C=O) groups excluding carboxylic acids is 1. The molecule has 0 saturated carbocycles. The predicted octanol–water partition coefficient (Wildman–Crippen LogP) is 1.68. The second-order valence-electron chi connectivity index (χ2n) is 5.18. The van der Waals surface area contributed by atoms with E-state index in [0.717, 1.165) is 15.0 Å². The molecule has 0 fully saturated rings. The molecule has 0 bridgehead atoms. The van der Waals surface area contributed by atoms with Crippen LogP contribution in [0, 0.1) is 0 Å². The van der Waals surface area contributed by atoms with Crippen LogP contribution < -0.4 is 17.0 Å². The van der Waals surface area contributed by atoms with Crippen LogP contribution >= 0.6 is 11.3 Å². The first kappa shape index (κ1) is 15.2. The largest absolute Gasteiger partial charge is 0.370 e. The molecular weight excluding hydrogens is 314 g/mol. The van der Waals surface area contributed by atoms with Gasteiger partial charge in [0.1, 0.15) is 4.83 Å². The van der Waals surface area contributed by atoms with Crippen molar-refractivity contribution >= 4 is 27.5 Å². The van der Waals surface area contributed by atoms with E-state index < -0.39 is 11.6 Å². The van der Waals surface area contributed by atoms with Gasteiger partial charge in [0.15, 0.2) is 0 Å². The SMILES string of the molecule is NC(=O)CCCn1c(=O)[nH]c2sc(-c3ccccc3)cc2c1=O. The fraction of sp³-hybridized carbons (Fsp3) is 0.188. The van der Waals surface area contributed by atoms with Crippen LogP contribution in [0.4, 0.5) is 0 Å². The van der Waals surface area contributed by atoms with Crippen LogP contribution in [0.2, 0.25) is 0 Å². The number of H-pyrrole nitrogens is 1. The monoisotopic (exact) mass is 329 g/mol. The molecule has 118 valence electrons. The second kappa shape index (κ2) is 6.21. The number of primary amides is 1. The maximum atomic E-state index is 12.5. The van der Waals surface area contributed by atoms with Crippen LogP contribution in [0.25, 0.3) is 20.7 Å². The van der Waals surface area contributed by atoms with Gasteiger partial charge in [0.25, 0.3) is 5.56 Å². The van der Waals surface area contributed by atoms with Gasteiger partial charge in [-0.2, -0.15) is 0 Å². The molecule has 7 heteroatoms. The van der Waals surface area contributed by atoms with Crippen molar-refractivity contribution in [1.29, 1.82) is 0 Å². The van der Waals surface area contributed by atoms with E-state index >= 15 is 0 Å². The van der Waals surface area contributed by atoms with Crippen LogP contribution in [0.3, 0.4) is 0 Å². The molecule has 1 aromatic carbocycles. The number of rotatable bonds is 5. The van der Waals surface area contributed by atoms with Gasteiger partial charge < -0.3 is 5.73 Å². The first-order valence-electron chi connectivity index (χ1n) is 7.16. The van der Waals surface area contributed by atoms with Crippen LogP contribution in [0.5, 0.6) is 0 Å². The molecule has 2 heterocycles. The van der Waals surface area contributed by atoms with E-state index in [1.54, 1.807) is 6.07 Å². The van der Waals surface area contributed by atoms with Crippen molar-refractivity contribution in [3.05, 3.63) is 57.2 Å². The van der Waals surface area contributed by atoms with Gasteiger partial charge in [-0.3, -0.25) is 19.1 Å². The van der Waals surface area contributed by atoms with Crippen LogP contribution in [0.1, 0.15) is 12.8 Å².